The van der Waals surface area contributed by atoms with Crippen LogP contribution in [0.1, 0.15) is 51.4 Å². The van der Waals surface area contributed by atoms with E-state index in [0.29, 0.717) is 11.8 Å². The van der Waals surface area contributed by atoms with Crippen LogP contribution in [0.3, 0.4) is 0 Å². The topological polar surface area (TPSA) is 72.0 Å². The number of carbonyl (C=O) groups is 1. The van der Waals surface area contributed by atoms with Crippen LogP contribution in [0.25, 0.3) is 0 Å². The van der Waals surface area contributed by atoms with Crippen molar-refractivity contribution in [2.45, 2.75) is 51.4 Å². The van der Waals surface area contributed by atoms with Gasteiger partial charge in [0.1, 0.15) is 0 Å². The number of hydrogen-bond acceptors (Lipinski definition) is 4. The van der Waals surface area contributed by atoms with Gasteiger partial charge >= 0.3 is 5.97 Å². The highest BCUT2D eigenvalue weighted by Gasteiger charge is 2.36. The zero-order chi connectivity index (χ0) is 17.0. The molecule has 0 radical (unpaired) electrons. The van der Waals surface area contributed by atoms with Crippen LogP contribution in [0.15, 0.2) is 4.99 Å². The lowest BCUT2D eigenvalue weighted by Gasteiger charge is -2.42. The van der Waals surface area contributed by atoms with E-state index in [-0.39, 0.29) is 5.97 Å². The third-order valence-corrected chi connectivity index (χ3v) is 4.68. The molecule has 0 aliphatic heterocycles. The van der Waals surface area contributed by atoms with Crippen LogP contribution in [0.5, 0.6) is 0 Å². The van der Waals surface area contributed by atoms with Crippen LogP contribution in [0.4, 0.5) is 0 Å². The second kappa shape index (κ2) is 11.3. The van der Waals surface area contributed by atoms with E-state index in [1.54, 1.807) is 14.2 Å². The summed E-state index contributed by atoms with van der Waals surface area (Å²) in [6.45, 7) is 2.65. The summed E-state index contributed by atoms with van der Waals surface area (Å²) in [4.78, 5) is 15.3. The van der Waals surface area contributed by atoms with Crippen molar-refractivity contribution in [2.75, 3.05) is 41.0 Å². The molecule has 0 bridgehead atoms. The number of nitrogens with zero attached hydrogens (tertiary/aromatic N) is 1. The van der Waals surface area contributed by atoms with Crippen molar-refractivity contribution in [1.29, 1.82) is 0 Å². The molecular weight excluding hydrogens is 294 g/mol. The van der Waals surface area contributed by atoms with Gasteiger partial charge in [0.15, 0.2) is 5.96 Å². The first-order valence-corrected chi connectivity index (χ1v) is 8.66. The van der Waals surface area contributed by atoms with Crippen molar-refractivity contribution in [3.05, 3.63) is 0 Å². The summed E-state index contributed by atoms with van der Waals surface area (Å²) in [5, 5.41) is 6.79. The molecule has 2 N–H and O–H groups in total. The van der Waals surface area contributed by atoms with Gasteiger partial charge in [-0.05, 0) is 37.5 Å². The molecule has 6 heteroatoms. The van der Waals surface area contributed by atoms with E-state index in [2.05, 4.69) is 20.4 Å². The molecule has 0 aromatic heterocycles. The standard InChI is InChI=1S/C17H33N3O3/c1-18-16(19-12-6-4-5-8-15(21)23-3)20-14-17(9-7-10-17)11-13-22-2/h4-14H2,1-3H3,(H2,18,19,20). The average Bonchev–Trinajstić information content (AvgIpc) is 2.54. The number of methoxy groups -OCH3 is 2. The molecular formula is C17H33N3O3. The lowest BCUT2D eigenvalue weighted by Crippen LogP contribution is -2.47. The molecule has 0 saturated heterocycles. The van der Waals surface area contributed by atoms with Gasteiger partial charge in [0.25, 0.3) is 0 Å². The van der Waals surface area contributed by atoms with E-state index in [9.17, 15) is 4.79 Å². The number of guanidine groups is 1. The summed E-state index contributed by atoms with van der Waals surface area (Å²) in [5.74, 6) is 0.735. The summed E-state index contributed by atoms with van der Waals surface area (Å²) >= 11 is 0. The first kappa shape index (κ1) is 19.7. The molecule has 0 spiro atoms. The van der Waals surface area contributed by atoms with Crippen LogP contribution in [-0.2, 0) is 14.3 Å². The van der Waals surface area contributed by atoms with Crippen LogP contribution in [0, 0.1) is 5.41 Å². The van der Waals surface area contributed by atoms with Crippen LogP contribution in [-0.4, -0.2) is 52.9 Å². The second-order valence-electron chi connectivity index (χ2n) is 6.34. The summed E-state index contributed by atoms with van der Waals surface area (Å²) in [6, 6.07) is 0. The van der Waals surface area contributed by atoms with Crippen molar-refractivity contribution in [1.82, 2.24) is 10.6 Å². The zero-order valence-corrected chi connectivity index (χ0v) is 15.0. The Morgan fingerprint density at radius 1 is 1.17 bits per heavy atom. The molecule has 0 aromatic carbocycles. The molecule has 23 heavy (non-hydrogen) atoms. The molecule has 0 amide bonds. The third kappa shape index (κ3) is 7.68. The minimum atomic E-state index is -0.128. The van der Waals surface area contributed by atoms with Crippen LogP contribution >= 0.6 is 0 Å². The number of aliphatic imine (C=N–C) groups is 1. The molecule has 0 atom stereocenters. The van der Waals surface area contributed by atoms with Crippen LogP contribution < -0.4 is 10.6 Å². The van der Waals surface area contributed by atoms with Crippen molar-refractivity contribution in [3.63, 3.8) is 0 Å². The largest absolute Gasteiger partial charge is 0.469 e. The number of carbonyl (C=O) groups excluding carboxylic acids is 1. The second-order valence-corrected chi connectivity index (χ2v) is 6.34. The Bertz CT molecular complexity index is 368. The molecule has 0 heterocycles. The van der Waals surface area contributed by atoms with E-state index >= 15 is 0 Å². The Labute approximate surface area is 140 Å². The minimum Gasteiger partial charge on any atom is -0.469 e. The highest BCUT2D eigenvalue weighted by molar-refractivity contribution is 5.79. The van der Waals surface area contributed by atoms with Gasteiger partial charge in [-0.15, -0.1) is 0 Å². The van der Waals surface area contributed by atoms with Gasteiger partial charge in [-0.25, -0.2) is 0 Å². The summed E-state index contributed by atoms with van der Waals surface area (Å²) in [7, 11) is 5.00. The lowest BCUT2D eigenvalue weighted by molar-refractivity contribution is -0.140. The van der Waals surface area contributed by atoms with Gasteiger partial charge in [-0.2, -0.15) is 0 Å². The average molecular weight is 327 g/mol. The normalized spacial score (nSPS) is 16.6. The lowest BCUT2D eigenvalue weighted by atomic mass is 9.67. The van der Waals surface area contributed by atoms with Gasteiger partial charge < -0.3 is 20.1 Å². The van der Waals surface area contributed by atoms with E-state index in [1.807, 2.05) is 0 Å². The molecule has 134 valence electrons. The Kier molecular flexibility index (Phi) is 9.67. The first-order chi connectivity index (χ1) is 11.2. The van der Waals surface area contributed by atoms with E-state index < -0.39 is 0 Å². The fourth-order valence-electron chi connectivity index (χ4n) is 2.88. The van der Waals surface area contributed by atoms with Crippen molar-refractivity contribution < 1.29 is 14.3 Å². The highest BCUT2D eigenvalue weighted by Crippen LogP contribution is 2.43. The molecule has 1 fully saturated rings. The summed E-state index contributed by atoms with van der Waals surface area (Å²) < 4.78 is 9.85. The molecule has 0 unspecified atom stereocenters. The number of nitrogens with one attached hydrogen (secondary N) is 2. The van der Waals surface area contributed by atoms with Crippen molar-refractivity contribution in [3.8, 4) is 0 Å². The number of ether oxygens (including phenoxy) is 2. The van der Waals surface area contributed by atoms with Gasteiger partial charge in [0, 0.05) is 40.3 Å². The van der Waals surface area contributed by atoms with Gasteiger partial charge in [0.2, 0.25) is 0 Å². The molecule has 1 rings (SSSR count). The van der Waals surface area contributed by atoms with E-state index in [0.717, 1.165) is 51.3 Å². The molecule has 1 aliphatic rings. The fraction of sp³-hybridized carbons (Fsp3) is 0.882. The maximum Gasteiger partial charge on any atom is 0.305 e. The number of rotatable bonds is 11. The predicted molar refractivity (Wildman–Crippen MR) is 92.6 cm³/mol. The fourth-order valence-corrected chi connectivity index (χ4v) is 2.88. The highest BCUT2D eigenvalue weighted by atomic mass is 16.5. The Morgan fingerprint density at radius 3 is 2.52 bits per heavy atom. The third-order valence-electron chi connectivity index (χ3n) is 4.68. The van der Waals surface area contributed by atoms with Gasteiger partial charge in [0.05, 0.1) is 7.11 Å². The molecule has 1 aliphatic carbocycles. The number of unbranched alkanes of at least 4 members (excludes halogenated alkanes) is 2. The monoisotopic (exact) mass is 327 g/mol. The molecule has 0 aromatic rings. The van der Waals surface area contributed by atoms with Gasteiger partial charge in [-0.3, -0.25) is 9.79 Å². The Balaban J connectivity index is 2.13. The SMILES string of the molecule is CN=C(NCCCCCC(=O)OC)NCC1(CCOC)CCC1. The smallest absolute Gasteiger partial charge is 0.305 e. The van der Waals surface area contributed by atoms with Crippen LogP contribution in [0.2, 0.25) is 0 Å². The summed E-state index contributed by atoms with van der Waals surface area (Å²) in [6.07, 6.45) is 8.38. The Hall–Kier alpha value is -1.30. The molecule has 1 saturated carbocycles. The maximum atomic E-state index is 11.0. The number of esters is 1. The maximum absolute atomic E-state index is 11.0. The van der Waals surface area contributed by atoms with E-state index in [4.69, 9.17) is 4.74 Å². The Morgan fingerprint density at radius 2 is 1.96 bits per heavy atom. The van der Waals surface area contributed by atoms with Crippen molar-refractivity contribution >= 4 is 11.9 Å². The number of hydrogen-bond donors (Lipinski definition) is 2. The quantitative estimate of drug-likeness (QED) is 0.263. The van der Waals surface area contributed by atoms with Gasteiger partial charge in [-0.1, -0.05) is 12.8 Å². The first-order valence-electron chi connectivity index (χ1n) is 8.66. The predicted octanol–water partition coefficient (Wildman–Crippen LogP) is 2.09. The van der Waals surface area contributed by atoms with Crippen molar-refractivity contribution in [2.24, 2.45) is 10.4 Å². The van der Waals surface area contributed by atoms with E-state index in [1.165, 1.54) is 26.4 Å². The molecule has 6 nitrogen and oxygen atoms in total. The minimum absolute atomic E-state index is 0.128. The summed E-state index contributed by atoms with van der Waals surface area (Å²) in [5.41, 5.74) is 0.383. The zero-order valence-electron chi connectivity index (χ0n) is 15.0.